The molecule has 0 aromatic rings. The molecule has 1 fully saturated rings. The normalized spacial score (nSPS) is 27.0. The average Bonchev–Trinajstić information content (AvgIpc) is 2.58. The summed E-state index contributed by atoms with van der Waals surface area (Å²) in [5.74, 6) is 0. The highest BCUT2D eigenvalue weighted by Crippen LogP contribution is 2.09. The lowest BCUT2D eigenvalue weighted by atomic mass is 10.2. The maximum absolute atomic E-state index is 13.1. The third kappa shape index (κ3) is 4.32. The van der Waals surface area contributed by atoms with Gasteiger partial charge in [-0.05, 0) is 32.4 Å². The van der Waals surface area contributed by atoms with Gasteiger partial charge in [-0.25, -0.2) is 9.28 Å². The SMILES string of the molecule is OOCCCCNCC1NCCC1F. The lowest BCUT2D eigenvalue weighted by Gasteiger charge is -2.13. The summed E-state index contributed by atoms with van der Waals surface area (Å²) in [7, 11) is 0. The minimum atomic E-state index is -0.705. The molecule has 2 atom stereocenters. The lowest BCUT2D eigenvalue weighted by Crippen LogP contribution is -2.39. The first-order valence-corrected chi connectivity index (χ1v) is 5.19. The summed E-state index contributed by atoms with van der Waals surface area (Å²) in [6.07, 6.45) is 1.68. The van der Waals surface area contributed by atoms with Crippen molar-refractivity contribution in [3.05, 3.63) is 0 Å². The van der Waals surface area contributed by atoms with Crippen molar-refractivity contribution in [2.24, 2.45) is 0 Å². The van der Waals surface area contributed by atoms with E-state index in [2.05, 4.69) is 15.5 Å². The third-order valence-corrected chi connectivity index (χ3v) is 2.47. The molecule has 3 N–H and O–H groups in total. The number of rotatable bonds is 7. The summed E-state index contributed by atoms with van der Waals surface area (Å²) in [4.78, 5) is 3.94. The molecule has 2 unspecified atom stereocenters. The molecule has 1 saturated heterocycles. The largest absolute Gasteiger partial charge is 0.315 e. The molecule has 0 aliphatic carbocycles. The van der Waals surface area contributed by atoms with E-state index in [1.165, 1.54) is 0 Å². The summed E-state index contributed by atoms with van der Waals surface area (Å²) < 4.78 is 13.1. The Bertz CT molecular complexity index is 149. The quantitative estimate of drug-likeness (QED) is 0.323. The van der Waals surface area contributed by atoms with E-state index < -0.39 is 6.17 Å². The summed E-state index contributed by atoms with van der Waals surface area (Å²) in [5.41, 5.74) is 0. The van der Waals surface area contributed by atoms with Crippen LogP contribution in [0.3, 0.4) is 0 Å². The Balaban J connectivity index is 1.88. The summed E-state index contributed by atoms with van der Waals surface area (Å²) in [6.45, 7) is 2.68. The van der Waals surface area contributed by atoms with Crippen molar-refractivity contribution in [3.8, 4) is 0 Å². The topological polar surface area (TPSA) is 53.5 Å². The molecule has 0 aromatic heterocycles. The first-order chi connectivity index (χ1) is 6.84. The van der Waals surface area contributed by atoms with Crippen LogP contribution in [0, 0.1) is 0 Å². The molecule has 84 valence electrons. The van der Waals surface area contributed by atoms with Gasteiger partial charge >= 0.3 is 0 Å². The summed E-state index contributed by atoms with van der Waals surface area (Å²) in [5, 5.41) is 14.3. The summed E-state index contributed by atoms with van der Waals surface area (Å²) >= 11 is 0. The van der Waals surface area contributed by atoms with Crippen LogP contribution < -0.4 is 10.6 Å². The zero-order valence-electron chi connectivity index (χ0n) is 8.34. The zero-order valence-corrected chi connectivity index (χ0v) is 8.34. The Morgan fingerprint density at radius 1 is 1.50 bits per heavy atom. The third-order valence-electron chi connectivity index (χ3n) is 2.47. The van der Waals surface area contributed by atoms with E-state index in [-0.39, 0.29) is 6.04 Å². The fraction of sp³-hybridized carbons (Fsp3) is 1.00. The molecule has 4 nitrogen and oxygen atoms in total. The standard InChI is InChI=1S/C9H19FN2O2/c10-8-3-5-12-9(8)7-11-4-1-2-6-14-13/h8-9,11-13H,1-7H2. The molecule has 0 radical (unpaired) electrons. The second-order valence-electron chi connectivity index (χ2n) is 3.61. The smallest absolute Gasteiger partial charge is 0.118 e. The highest BCUT2D eigenvalue weighted by molar-refractivity contribution is 4.85. The second kappa shape index (κ2) is 7.11. The van der Waals surface area contributed by atoms with Crippen molar-refractivity contribution >= 4 is 0 Å². The molecule has 1 heterocycles. The van der Waals surface area contributed by atoms with Crippen LogP contribution in [0.1, 0.15) is 19.3 Å². The van der Waals surface area contributed by atoms with Crippen molar-refractivity contribution in [1.29, 1.82) is 0 Å². The van der Waals surface area contributed by atoms with Crippen molar-refractivity contribution in [1.82, 2.24) is 10.6 Å². The Morgan fingerprint density at radius 2 is 2.36 bits per heavy atom. The number of unbranched alkanes of at least 4 members (excludes halogenated alkanes) is 1. The molecule has 14 heavy (non-hydrogen) atoms. The van der Waals surface area contributed by atoms with Gasteiger partial charge in [0, 0.05) is 6.54 Å². The molecule has 0 saturated carbocycles. The minimum Gasteiger partial charge on any atom is -0.315 e. The van der Waals surface area contributed by atoms with Gasteiger partial charge in [0.05, 0.1) is 12.6 Å². The number of nitrogens with one attached hydrogen (secondary N) is 2. The Morgan fingerprint density at radius 3 is 3.00 bits per heavy atom. The second-order valence-corrected chi connectivity index (χ2v) is 3.61. The summed E-state index contributed by atoms with van der Waals surface area (Å²) in [6, 6.07) is -0.0240. The Labute approximate surface area is 83.8 Å². The van der Waals surface area contributed by atoms with Gasteiger partial charge in [0.25, 0.3) is 0 Å². The first-order valence-electron chi connectivity index (χ1n) is 5.19. The molecular weight excluding hydrogens is 187 g/mol. The Kier molecular flexibility index (Phi) is 6.02. The highest BCUT2D eigenvalue weighted by atomic mass is 19.1. The molecule has 0 bridgehead atoms. The van der Waals surface area contributed by atoms with Gasteiger partial charge in [-0.15, -0.1) is 0 Å². The molecule has 0 aromatic carbocycles. The molecular formula is C9H19FN2O2. The number of halogens is 1. The highest BCUT2D eigenvalue weighted by Gasteiger charge is 2.25. The predicted molar refractivity (Wildman–Crippen MR) is 52.0 cm³/mol. The number of hydrogen-bond acceptors (Lipinski definition) is 4. The van der Waals surface area contributed by atoms with Crippen molar-refractivity contribution in [2.75, 3.05) is 26.2 Å². The van der Waals surface area contributed by atoms with E-state index >= 15 is 0 Å². The van der Waals surface area contributed by atoms with Gasteiger partial charge in [0.1, 0.15) is 6.17 Å². The van der Waals surface area contributed by atoms with Crippen LogP contribution in [0.4, 0.5) is 4.39 Å². The van der Waals surface area contributed by atoms with E-state index in [0.29, 0.717) is 19.6 Å². The van der Waals surface area contributed by atoms with Gasteiger partial charge in [0.2, 0.25) is 0 Å². The van der Waals surface area contributed by atoms with Gasteiger partial charge in [-0.2, -0.15) is 0 Å². The fourth-order valence-electron chi connectivity index (χ4n) is 1.61. The number of hydrogen-bond donors (Lipinski definition) is 3. The monoisotopic (exact) mass is 206 g/mol. The first kappa shape index (κ1) is 11.8. The van der Waals surface area contributed by atoms with E-state index in [1.807, 2.05) is 0 Å². The molecule has 0 amide bonds. The maximum atomic E-state index is 13.1. The van der Waals surface area contributed by atoms with Crippen LogP contribution in [0.25, 0.3) is 0 Å². The van der Waals surface area contributed by atoms with E-state index in [0.717, 1.165) is 25.9 Å². The van der Waals surface area contributed by atoms with Crippen LogP contribution in [0.15, 0.2) is 0 Å². The average molecular weight is 206 g/mol. The van der Waals surface area contributed by atoms with E-state index in [4.69, 9.17) is 5.26 Å². The molecule has 1 aliphatic heterocycles. The molecule has 5 heteroatoms. The van der Waals surface area contributed by atoms with Gasteiger partial charge < -0.3 is 10.6 Å². The Hall–Kier alpha value is -0.230. The number of alkyl halides is 1. The fourth-order valence-corrected chi connectivity index (χ4v) is 1.61. The van der Waals surface area contributed by atoms with Crippen molar-refractivity contribution in [3.63, 3.8) is 0 Å². The van der Waals surface area contributed by atoms with Crippen molar-refractivity contribution < 1.29 is 14.5 Å². The molecule has 0 spiro atoms. The van der Waals surface area contributed by atoms with Crippen molar-refractivity contribution in [2.45, 2.75) is 31.5 Å². The van der Waals surface area contributed by atoms with E-state index in [9.17, 15) is 4.39 Å². The van der Waals surface area contributed by atoms with Crippen LogP contribution in [-0.2, 0) is 4.89 Å². The maximum Gasteiger partial charge on any atom is 0.118 e. The van der Waals surface area contributed by atoms with Crippen LogP contribution in [-0.4, -0.2) is 43.7 Å². The van der Waals surface area contributed by atoms with Crippen LogP contribution in [0.5, 0.6) is 0 Å². The van der Waals surface area contributed by atoms with Crippen LogP contribution in [0.2, 0.25) is 0 Å². The molecule has 1 aliphatic rings. The van der Waals surface area contributed by atoms with E-state index in [1.54, 1.807) is 0 Å². The zero-order chi connectivity index (χ0) is 10.2. The lowest BCUT2D eigenvalue weighted by molar-refractivity contribution is -0.242. The van der Waals surface area contributed by atoms with Gasteiger partial charge in [0.15, 0.2) is 0 Å². The predicted octanol–water partition coefficient (Wildman–Crippen LogP) is 0.546. The van der Waals surface area contributed by atoms with Gasteiger partial charge in [-0.3, -0.25) is 5.26 Å². The van der Waals surface area contributed by atoms with Gasteiger partial charge in [-0.1, -0.05) is 0 Å². The van der Waals surface area contributed by atoms with Crippen LogP contribution >= 0.6 is 0 Å². The molecule has 1 rings (SSSR count). The minimum absolute atomic E-state index is 0.0240.